The van der Waals surface area contributed by atoms with Crippen molar-refractivity contribution in [3.63, 3.8) is 0 Å². The Morgan fingerprint density at radius 1 is 1.88 bits per heavy atom. The fraction of sp³-hybridized carbons (Fsp3) is 0.250. The summed E-state index contributed by atoms with van der Waals surface area (Å²) in [5.41, 5.74) is 3.55. The Hall–Kier alpha value is -1.03. The zero-order valence-electron chi connectivity index (χ0n) is 4.63. The quantitative estimate of drug-likeness (QED) is 0.418. The van der Waals surface area contributed by atoms with E-state index in [1.54, 1.807) is 6.20 Å². The van der Waals surface area contributed by atoms with Crippen LogP contribution in [0.1, 0.15) is 6.92 Å². The Morgan fingerprint density at radius 2 is 2.62 bits per heavy atom. The van der Waals surface area contributed by atoms with Crippen LogP contribution in [0.5, 0.6) is 0 Å². The van der Waals surface area contributed by atoms with E-state index < -0.39 is 0 Å². The maximum atomic E-state index is 5.21. The molecule has 1 rings (SSSR count). The normalized spacial score (nSPS) is 17.8. The van der Waals surface area contributed by atoms with Gasteiger partial charge in [0, 0.05) is 6.20 Å². The predicted octanol–water partition coefficient (Wildman–Crippen LogP) is -0.430. The fourth-order valence-corrected chi connectivity index (χ4v) is 0.466. The van der Waals surface area contributed by atoms with Crippen molar-refractivity contribution in [2.45, 2.75) is 6.92 Å². The highest BCUT2D eigenvalue weighted by molar-refractivity contribution is 5.92. The lowest BCUT2D eigenvalue weighted by atomic mass is 10.4. The molecule has 1 aliphatic rings. The number of hydrazine groups is 2. The van der Waals surface area contributed by atoms with Crippen LogP contribution < -0.4 is 11.3 Å². The summed E-state index contributed by atoms with van der Waals surface area (Å²) in [5.74, 6) is 5.21. The summed E-state index contributed by atoms with van der Waals surface area (Å²) in [5, 5.41) is 4.97. The monoisotopic (exact) mass is 112 g/mol. The van der Waals surface area contributed by atoms with E-state index in [1.165, 1.54) is 0 Å². The highest BCUT2D eigenvalue weighted by Crippen LogP contribution is 1.86. The highest BCUT2D eigenvalue weighted by atomic mass is 15.8. The molecule has 3 N–H and O–H groups in total. The van der Waals surface area contributed by atoms with Crippen molar-refractivity contribution in [1.29, 1.82) is 0 Å². The van der Waals surface area contributed by atoms with Crippen LogP contribution in [0.4, 0.5) is 0 Å². The molecule has 0 aliphatic carbocycles. The molecule has 0 aromatic heterocycles. The van der Waals surface area contributed by atoms with Crippen molar-refractivity contribution in [3.8, 4) is 0 Å². The number of allylic oxidation sites excluding steroid dienone is 1. The Bertz CT molecular complexity index is 137. The van der Waals surface area contributed by atoms with Gasteiger partial charge in [-0.05, 0) is 13.0 Å². The van der Waals surface area contributed by atoms with Gasteiger partial charge in [0.15, 0.2) is 0 Å². The molecule has 1 aliphatic heterocycles. The first-order valence-electron chi connectivity index (χ1n) is 2.32. The van der Waals surface area contributed by atoms with Crippen molar-refractivity contribution in [2.75, 3.05) is 0 Å². The molecule has 0 fully saturated rings. The van der Waals surface area contributed by atoms with Gasteiger partial charge in [-0.3, -0.25) is 5.43 Å². The number of rotatable bonds is 0. The average molecular weight is 112 g/mol. The second-order valence-corrected chi connectivity index (χ2v) is 1.55. The van der Waals surface area contributed by atoms with E-state index in [4.69, 9.17) is 5.84 Å². The molecule has 0 unspecified atom stereocenters. The minimum atomic E-state index is 0.895. The maximum absolute atomic E-state index is 5.21. The lowest BCUT2D eigenvalue weighted by molar-refractivity contribution is 0.237. The molecule has 0 spiro atoms. The number of hydrogen-bond donors (Lipinski definition) is 2. The second-order valence-electron chi connectivity index (χ2n) is 1.55. The Kier molecular flexibility index (Phi) is 1.17. The molecule has 0 amide bonds. The molecule has 0 bridgehead atoms. The first kappa shape index (κ1) is 5.11. The molecule has 4 heteroatoms. The third kappa shape index (κ3) is 0.974. The van der Waals surface area contributed by atoms with E-state index in [2.05, 4.69) is 10.5 Å². The SMILES string of the molecule is CC1=NN(N)NC=C1. The van der Waals surface area contributed by atoms with Crippen LogP contribution in [0.25, 0.3) is 0 Å². The van der Waals surface area contributed by atoms with E-state index in [0.29, 0.717) is 0 Å². The Balaban J connectivity index is 2.63. The molecule has 0 atom stereocenters. The summed E-state index contributed by atoms with van der Waals surface area (Å²) in [6, 6.07) is 0. The Labute approximate surface area is 47.6 Å². The van der Waals surface area contributed by atoms with Gasteiger partial charge in [0.1, 0.15) is 0 Å². The number of nitrogens with zero attached hydrogens (tertiary/aromatic N) is 2. The van der Waals surface area contributed by atoms with Gasteiger partial charge in [0.25, 0.3) is 0 Å². The molecule has 0 aromatic carbocycles. The van der Waals surface area contributed by atoms with Gasteiger partial charge in [-0.15, -0.1) is 10.3 Å². The molecule has 0 aromatic rings. The van der Waals surface area contributed by atoms with Crippen LogP contribution >= 0.6 is 0 Å². The van der Waals surface area contributed by atoms with Crippen molar-refractivity contribution in [2.24, 2.45) is 10.9 Å². The van der Waals surface area contributed by atoms with Gasteiger partial charge in [0.2, 0.25) is 0 Å². The minimum Gasteiger partial charge on any atom is -0.275 e. The molecular weight excluding hydrogens is 104 g/mol. The molecule has 0 saturated carbocycles. The number of hydrazone groups is 1. The first-order valence-corrected chi connectivity index (χ1v) is 2.32. The van der Waals surface area contributed by atoms with Gasteiger partial charge >= 0.3 is 0 Å². The van der Waals surface area contributed by atoms with Crippen LogP contribution in [0.2, 0.25) is 0 Å². The van der Waals surface area contributed by atoms with Crippen molar-refractivity contribution in [1.82, 2.24) is 10.7 Å². The first-order chi connectivity index (χ1) is 3.79. The van der Waals surface area contributed by atoms with Crippen molar-refractivity contribution < 1.29 is 0 Å². The number of nitrogens with two attached hydrogens (primary N) is 1. The average Bonchev–Trinajstić information content (AvgIpc) is 1.64. The van der Waals surface area contributed by atoms with Crippen LogP contribution in [-0.4, -0.2) is 10.9 Å². The van der Waals surface area contributed by atoms with Gasteiger partial charge in [-0.2, -0.15) is 0 Å². The smallest absolute Gasteiger partial charge is 0.0625 e. The third-order valence-corrected chi connectivity index (χ3v) is 0.797. The van der Waals surface area contributed by atoms with Gasteiger partial charge in [-0.1, -0.05) is 0 Å². The molecule has 1 heterocycles. The molecular formula is C4H8N4. The second kappa shape index (κ2) is 1.83. The zero-order chi connectivity index (χ0) is 5.98. The lowest BCUT2D eigenvalue weighted by Crippen LogP contribution is -2.38. The van der Waals surface area contributed by atoms with Crippen LogP contribution in [0.3, 0.4) is 0 Å². The van der Waals surface area contributed by atoms with E-state index >= 15 is 0 Å². The number of nitrogens with one attached hydrogen (secondary N) is 1. The third-order valence-electron chi connectivity index (χ3n) is 0.797. The van der Waals surface area contributed by atoms with E-state index in [1.807, 2.05) is 13.0 Å². The molecule has 0 saturated heterocycles. The van der Waals surface area contributed by atoms with Crippen LogP contribution in [0.15, 0.2) is 17.4 Å². The lowest BCUT2D eigenvalue weighted by Gasteiger charge is -2.14. The standard InChI is InChI=1S/C4H8N4/c1-4-2-3-6-8(5)7-4/h2-3,6H,5H2,1H3. The maximum Gasteiger partial charge on any atom is 0.0625 e. The summed E-state index contributed by atoms with van der Waals surface area (Å²) in [7, 11) is 0. The summed E-state index contributed by atoms with van der Waals surface area (Å²) in [6.07, 6.45) is 3.56. The predicted molar refractivity (Wildman–Crippen MR) is 31.4 cm³/mol. The summed E-state index contributed by atoms with van der Waals surface area (Å²) < 4.78 is 0. The topological polar surface area (TPSA) is 53.6 Å². The van der Waals surface area contributed by atoms with Crippen molar-refractivity contribution in [3.05, 3.63) is 12.3 Å². The minimum absolute atomic E-state index is 0.895. The summed E-state index contributed by atoms with van der Waals surface area (Å²) in [4.78, 5) is 0. The molecule has 0 radical (unpaired) electrons. The van der Waals surface area contributed by atoms with Crippen molar-refractivity contribution >= 4 is 5.71 Å². The molecule has 8 heavy (non-hydrogen) atoms. The zero-order valence-corrected chi connectivity index (χ0v) is 4.63. The molecule has 44 valence electrons. The molecule has 4 nitrogen and oxygen atoms in total. The van der Waals surface area contributed by atoms with E-state index in [-0.39, 0.29) is 0 Å². The van der Waals surface area contributed by atoms with E-state index in [9.17, 15) is 0 Å². The fourth-order valence-electron chi connectivity index (χ4n) is 0.466. The van der Waals surface area contributed by atoms with E-state index in [0.717, 1.165) is 10.9 Å². The van der Waals surface area contributed by atoms with Gasteiger partial charge in [-0.25, -0.2) is 5.84 Å². The summed E-state index contributed by atoms with van der Waals surface area (Å²) in [6.45, 7) is 1.87. The van der Waals surface area contributed by atoms with Crippen LogP contribution in [0, 0.1) is 0 Å². The number of hydrogen-bond acceptors (Lipinski definition) is 4. The van der Waals surface area contributed by atoms with Crippen LogP contribution in [-0.2, 0) is 0 Å². The highest BCUT2D eigenvalue weighted by Gasteiger charge is 1.93. The Morgan fingerprint density at radius 3 is 3.00 bits per heavy atom. The summed E-state index contributed by atoms with van der Waals surface area (Å²) >= 11 is 0. The van der Waals surface area contributed by atoms with Gasteiger partial charge in [0.05, 0.1) is 5.71 Å². The van der Waals surface area contributed by atoms with Gasteiger partial charge < -0.3 is 0 Å². The largest absolute Gasteiger partial charge is 0.275 e.